The number of H-pyrrole nitrogens is 1. The Labute approximate surface area is 84.3 Å². The Bertz CT molecular complexity index is 445. The molecule has 1 aromatic heterocycles. The van der Waals surface area contributed by atoms with Crippen LogP contribution in [0.3, 0.4) is 0 Å². The van der Waals surface area contributed by atoms with E-state index in [1.165, 1.54) is 10.8 Å². The van der Waals surface area contributed by atoms with E-state index in [4.69, 9.17) is 16.3 Å². The molecule has 1 aromatic rings. The molecule has 0 spiro atoms. The van der Waals surface area contributed by atoms with Crippen molar-refractivity contribution in [2.75, 3.05) is 6.61 Å². The molecule has 2 rings (SSSR count). The first-order valence-corrected chi connectivity index (χ1v) is 4.69. The van der Waals surface area contributed by atoms with Crippen LogP contribution < -0.4 is 11.2 Å². The molecule has 0 bridgehead atoms. The van der Waals surface area contributed by atoms with Crippen LogP contribution in [-0.2, 0) is 4.74 Å². The van der Waals surface area contributed by atoms with Gasteiger partial charge in [-0.05, 0) is 12.8 Å². The van der Waals surface area contributed by atoms with Crippen molar-refractivity contribution in [2.24, 2.45) is 0 Å². The van der Waals surface area contributed by atoms with Gasteiger partial charge in [-0.1, -0.05) is 11.6 Å². The first-order valence-electron chi connectivity index (χ1n) is 4.31. The Morgan fingerprint density at radius 3 is 3.00 bits per heavy atom. The maximum atomic E-state index is 11.3. The molecule has 1 unspecified atom stereocenters. The summed E-state index contributed by atoms with van der Waals surface area (Å²) in [4.78, 5) is 24.4. The summed E-state index contributed by atoms with van der Waals surface area (Å²) in [5.74, 6) is 0. The highest BCUT2D eigenvalue weighted by molar-refractivity contribution is 6.30. The molecule has 0 amide bonds. The van der Waals surface area contributed by atoms with Crippen LogP contribution in [0.25, 0.3) is 0 Å². The lowest BCUT2D eigenvalue weighted by Crippen LogP contribution is -2.32. The van der Waals surface area contributed by atoms with Crippen molar-refractivity contribution in [2.45, 2.75) is 19.1 Å². The lowest BCUT2D eigenvalue weighted by atomic mass is 10.3. The average molecular weight is 217 g/mol. The van der Waals surface area contributed by atoms with E-state index >= 15 is 0 Å². The van der Waals surface area contributed by atoms with Crippen molar-refractivity contribution in [3.8, 4) is 0 Å². The highest BCUT2D eigenvalue weighted by atomic mass is 35.5. The number of rotatable bonds is 1. The summed E-state index contributed by atoms with van der Waals surface area (Å²) in [6, 6.07) is 0. The molecule has 6 heteroatoms. The van der Waals surface area contributed by atoms with E-state index in [1.54, 1.807) is 0 Å². The smallest absolute Gasteiger partial charge is 0.330 e. The summed E-state index contributed by atoms with van der Waals surface area (Å²) in [6.45, 7) is 0.633. The first-order chi connectivity index (χ1) is 6.68. The number of aromatic nitrogens is 2. The molecule has 1 N–H and O–H groups in total. The van der Waals surface area contributed by atoms with Gasteiger partial charge in [-0.2, -0.15) is 0 Å². The van der Waals surface area contributed by atoms with Crippen molar-refractivity contribution in [1.82, 2.24) is 9.55 Å². The standard InChI is InChI=1S/C8H9ClN2O3/c9-5-4-11(6-2-1-3-14-6)8(13)10-7(5)12/h4,6H,1-3H2,(H,10,12,13). The number of hydrogen-bond donors (Lipinski definition) is 1. The molecule has 1 aliphatic rings. The van der Waals surface area contributed by atoms with Crippen molar-refractivity contribution >= 4 is 11.6 Å². The number of halogens is 1. The van der Waals surface area contributed by atoms with Crippen LogP contribution in [0.5, 0.6) is 0 Å². The average Bonchev–Trinajstić information content (AvgIpc) is 2.64. The van der Waals surface area contributed by atoms with Crippen LogP contribution in [0, 0.1) is 0 Å². The van der Waals surface area contributed by atoms with E-state index in [1.807, 2.05) is 0 Å². The fourth-order valence-corrected chi connectivity index (χ4v) is 1.61. The molecule has 1 fully saturated rings. The van der Waals surface area contributed by atoms with Crippen LogP contribution in [0.2, 0.25) is 5.02 Å². The molecule has 0 radical (unpaired) electrons. The number of ether oxygens (including phenoxy) is 1. The van der Waals surface area contributed by atoms with E-state index in [-0.39, 0.29) is 11.3 Å². The minimum absolute atomic E-state index is 0.0000926. The van der Waals surface area contributed by atoms with Gasteiger partial charge in [0.25, 0.3) is 5.56 Å². The van der Waals surface area contributed by atoms with E-state index in [0.29, 0.717) is 6.61 Å². The van der Waals surface area contributed by atoms with Gasteiger partial charge in [-0.3, -0.25) is 14.3 Å². The van der Waals surface area contributed by atoms with Crippen LogP contribution >= 0.6 is 11.6 Å². The fraction of sp³-hybridized carbons (Fsp3) is 0.500. The quantitative estimate of drug-likeness (QED) is 0.744. The molecule has 0 saturated carbocycles. The summed E-state index contributed by atoms with van der Waals surface area (Å²) in [6.07, 6.45) is 2.70. The zero-order valence-corrected chi connectivity index (χ0v) is 8.08. The minimum Gasteiger partial charge on any atom is -0.358 e. The summed E-state index contributed by atoms with van der Waals surface area (Å²) < 4.78 is 6.61. The number of hydrogen-bond acceptors (Lipinski definition) is 3. The van der Waals surface area contributed by atoms with Gasteiger partial charge in [0.1, 0.15) is 11.3 Å². The van der Waals surface area contributed by atoms with Gasteiger partial charge in [0.2, 0.25) is 0 Å². The van der Waals surface area contributed by atoms with Crippen molar-refractivity contribution in [3.05, 3.63) is 32.1 Å². The van der Waals surface area contributed by atoms with Crippen LogP contribution in [-0.4, -0.2) is 16.2 Å². The first kappa shape index (κ1) is 9.48. The monoisotopic (exact) mass is 216 g/mol. The van der Waals surface area contributed by atoms with Gasteiger partial charge in [-0.15, -0.1) is 0 Å². The van der Waals surface area contributed by atoms with Crippen molar-refractivity contribution in [1.29, 1.82) is 0 Å². The maximum Gasteiger partial charge on any atom is 0.330 e. The zero-order valence-electron chi connectivity index (χ0n) is 7.33. The molecule has 1 atom stereocenters. The second-order valence-corrected chi connectivity index (χ2v) is 3.52. The minimum atomic E-state index is -0.564. The predicted molar refractivity (Wildman–Crippen MR) is 50.6 cm³/mol. The third-order valence-corrected chi connectivity index (χ3v) is 2.41. The van der Waals surface area contributed by atoms with Gasteiger partial charge in [-0.25, -0.2) is 4.79 Å². The molecule has 2 heterocycles. The van der Waals surface area contributed by atoms with Gasteiger partial charge in [0.05, 0.1) is 0 Å². The summed E-state index contributed by atoms with van der Waals surface area (Å²) in [7, 11) is 0. The largest absolute Gasteiger partial charge is 0.358 e. The Balaban J connectivity index is 2.47. The second-order valence-electron chi connectivity index (χ2n) is 3.11. The summed E-state index contributed by atoms with van der Waals surface area (Å²) >= 11 is 5.61. The Hall–Kier alpha value is -1.07. The molecule has 76 valence electrons. The number of aromatic amines is 1. The molecular formula is C8H9ClN2O3. The van der Waals surface area contributed by atoms with Crippen LogP contribution in [0.4, 0.5) is 0 Å². The Morgan fingerprint density at radius 1 is 1.57 bits per heavy atom. The van der Waals surface area contributed by atoms with Gasteiger partial charge >= 0.3 is 5.69 Å². The van der Waals surface area contributed by atoms with E-state index in [2.05, 4.69) is 4.98 Å². The topological polar surface area (TPSA) is 64.1 Å². The van der Waals surface area contributed by atoms with Gasteiger partial charge in [0.15, 0.2) is 0 Å². The fourth-order valence-electron chi connectivity index (χ4n) is 1.45. The van der Waals surface area contributed by atoms with Crippen LogP contribution in [0.15, 0.2) is 15.8 Å². The third kappa shape index (κ3) is 1.60. The molecule has 0 aliphatic carbocycles. The molecule has 1 saturated heterocycles. The van der Waals surface area contributed by atoms with E-state index in [0.717, 1.165) is 12.8 Å². The van der Waals surface area contributed by atoms with E-state index in [9.17, 15) is 9.59 Å². The van der Waals surface area contributed by atoms with Gasteiger partial charge in [0, 0.05) is 12.8 Å². The summed E-state index contributed by atoms with van der Waals surface area (Å²) in [5, 5.41) is 0.0000926. The van der Waals surface area contributed by atoms with E-state index < -0.39 is 11.2 Å². The maximum absolute atomic E-state index is 11.3. The second kappa shape index (κ2) is 3.59. The third-order valence-electron chi connectivity index (χ3n) is 2.14. The normalized spacial score (nSPS) is 21.4. The Morgan fingerprint density at radius 2 is 2.36 bits per heavy atom. The lowest BCUT2D eigenvalue weighted by Gasteiger charge is -2.11. The molecule has 5 nitrogen and oxygen atoms in total. The van der Waals surface area contributed by atoms with Crippen LogP contribution in [0.1, 0.15) is 19.1 Å². The SMILES string of the molecule is O=c1[nH]c(=O)n(C2CCCO2)cc1Cl. The molecular weight excluding hydrogens is 208 g/mol. The van der Waals surface area contributed by atoms with Crippen molar-refractivity contribution < 1.29 is 4.74 Å². The zero-order chi connectivity index (χ0) is 10.1. The number of nitrogens with one attached hydrogen (secondary N) is 1. The van der Waals surface area contributed by atoms with Crippen molar-refractivity contribution in [3.63, 3.8) is 0 Å². The number of nitrogens with zero attached hydrogens (tertiary/aromatic N) is 1. The highest BCUT2D eigenvalue weighted by Gasteiger charge is 2.19. The highest BCUT2D eigenvalue weighted by Crippen LogP contribution is 2.20. The molecule has 1 aliphatic heterocycles. The Kier molecular flexibility index (Phi) is 2.43. The van der Waals surface area contributed by atoms with Gasteiger partial charge < -0.3 is 4.74 Å². The predicted octanol–water partition coefficient (Wildman–Crippen LogP) is 0.499. The lowest BCUT2D eigenvalue weighted by molar-refractivity contribution is 0.0526. The molecule has 0 aromatic carbocycles. The molecule has 14 heavy (non-hydrogen) atoms. The summed E-state index contributed by atoms with van der Waals surface area (Å²) in [5.41, 5.74) is -1.04.